The van der Waals surface area contributed by atoms with E-state index < -0.39 is 0 Å². The Bertz CT molecular complexity index is 1200. The number of aromatic nitrogens is 3. The van der Waals surface area contributed by atoms with Crippen molar-refractivity contribution in [3.05, 3.63) is 47.0 Å². The molecule has 0 radical (unpaired) electrons. The number of aryl methyl sites for hydroxylation is 1. The number of imidazole rings is 1. The van der Waals surface area contributed by atoms with Gasteiger partial charge in [-0.15, -0.1) is 0 Å². The maximum atomic E-state index is 12.5. The molecule has 2 N–H and O–H groups in total. The highest BCUT2D eigenvalue weighted by Gasteiger charge is 2.13. The van der Waals surface area contributed by atoms with Crippen molar-refractivity contribution in [1.29, 1.82) is 0 Å². The van der Waals surface area contributed by atoms with E-state index in [0.29, 0.717) is 23.0 Å². The third-order valence-corrected chi connectivity index (χ3v) is 6.25. The van der Waals surface area contributed by atoms with Crippen molar-refractivity contribution < 1.29 is 9.90 Å². The quantitative estimate of drug-likeness (QED) is 0.256. The summed E-state index contributed by atoms with van der Waals surface area (Å²) in [6.07, 6.45) is 4.07. The largest absolute Gasteiger partial charge is 0.396 e. The summed E-state index contributed by atoms with van der Waals surface area (Å²) in [5, 5.41) is 13.5. The Morgan fingerprint density at radius 1 is 1.10 bits per heavy atom. The van der Waals surface area contributed by atoms with Crippen molar-refractivity contribution >= 4 is 61.1 Å². The fraction of sp³-hybridized carbons (Fsp3) is 0.318. The second-order valence-corrected chi connectivity index (χ2v) is 8.73. The van der Waals surface area contributed by atoms with Crippen molar-refractivity contribution in [2.24, 2.45) is 7.05 Å². The number of carbonyl (C=O) groups excluding carboxylic acids is 1. The SMILES string of the molecule is Cn1c(Nc2nc3ccc(Cl)cc3s2)nc2cc(C(=O)CCCCCCO)ccc21. The Kier molecular flexibility index (Phi) is 6.32. The third-order valence-electron chi connectivity index (χ3n) is 5.08. The number of nitrogens with zero attached hydrogens (tertiary/aromatic N) is 3. The van der Waals surface area contributed by atoms with Crippen LogP contribution in [0.2, 0.25) is 5.02 Å². The lowest BCUT2D eigenvalue weighted by Crippen LogP contribution is -1.99. The normalized spacial score (nSPS) is 11.4. The summed E-state index contributed by atoms with van der Waals surface area (Å²) < 4.78 is 2.97. The number of hydrogen-bond acceptors (Lipinski definition) is 6. The van der Waals surface area contributed by atoms with E-state index in [-0.39, 0.29) is 12.4 Å². The number of fused-ring (bicyclic) bond motifs is 2. The minimum atomic E-state index is 0.129. The number of carbonyl (C=O) groups is 1. The molecule has 2 aromatic carbocycles. The van der Waals surface area contributed by atoms with Crippen molar-refractivity contribution in [3.8, 4) is 0 Å². The first kappa shape index (κ1) is 20.8. The lowest BCUT2D eigenvalue weighted by molar-refractivity contribution is 0.0979. The first-order chi connectivity index (χ1) is 14.5. The second-order valence-electron chi connectivity index (χ2n) is 7.26. The van der Waals surface area contributed by atoms with Gasteiger partial charge >= 0.3 is 0 Å². The molecule has 0 saturated heterocycles. The van der Waals surface area contributed by atoms with Gasteiger partial charge in [-0.25, -0.2) is 9.97 Å². The van der Waals surface area contributed by atoms with Crippen LogP contribution in [0, 0.1) is 0 Å². The molecule has 0 saturated carbocycles. The van der Waals surface area contributed by atoms with Crippen molar-refractivity contribution in [1.82, 2.24) is 14.5 Å². The molecule has 0 amide bonds. The summed E-state index contributed by atoms with van der Waals surface area (Å²) in [4.78, 5) is 21.8. The predicted octanol–water partition coefficient (Wildman–Crippen LogP) is 5.71. The molecule has 4 aromatic rings. The van der Waals surface area contributed by atoms with E-state index in [1.165, 1.54) is 11.3 Å². The number of benzene rings is 2. The number of unbranched alkanes of at least 4 members (excludes halogenated alkanes) is 3. The number of ketones is 1. The van der Waals surface area contributed by atoms with Gasteiger partial charge in [-0.2, -0.15) is 0 Å². The Labute approximate surface area is 183 Å². The summed E-state index contributed by atoms with van der Waals surface area (Å²) in [5.41, 5.74) is 3.29. The summed E-state index contributed by atoms with van der Waals surface area (Å²) >= 11 is 7.58. The van der Waals surface area contributed by atoms with Gasteiger partial charge < -0.3 is 15.0 Å². The molecule has 30 heavy (non-hydrogen) atoms. The molecule has 2 heterocycles. The second kappa shape index (κ2) is 9.12. The Morgan fingerprint density at radius 3 is 2.77 bits per heavy atom. The standard InChI is InChI=1S/C22H23ClN4O2S/c1-27-18-10-7-14(19(29)6-4-2-3-5-11-28)12-17(18)24-21(27)26-22-25-16-9-8-15(23)13-20(16)30-22/h7-10,12-13,28H,2-6,11H2,1H3,(H,24,25,26). The fourth-order valence-electron chi connectivity index (χ4n) is 3.43. The minimum absolute atomic E-state index is 0.129. The lowest BCUT2D eigenvalue weighted by atomic mass is 10.0. The smallest absolute Gasteiger partial charge is 0.209 e. The number of anilines is 2. The maximum Gasteiger partial charge on any atom is 0.209 e. The molecular formula is C22H23ClN4O2S. The molecule has 0 bridgehead atoms. The van der Waals surface area contributed by atoms with E-state index in [4.69, 9.17) is 16.7 Å². The summed E-state index contributed by atoms with van der Waals surface area (Å²) in [5.74, 6) is 0.799. The average Bonchev–Trinajstić information content (AvgIpc) is 3.27. The van der Waals surface area contributed by atoms with E-state index in [0.717, 1.165) is 52.1 Å². The number of hydrogen-bond donors (Lipinski definition) is 2. The van der Waals surface area contributed by atoms with Crippen LogP contribution in [0.1, 0.15) is 42.5 Å². The average molecular weight is 443 g/mol. The molecule has 6 nitrogen and oxygen atoms in total. The van der Waals surface area contributed by atoms with Gasteiger partial charge in [-0.05, 0) is 49.2 Å². The molecule has 4 rings (SSSR count). The molecule has 0 atom stereocenters. The number of nitrogens with one attached hydrogen (secondary N) is 1. The molecule has 0 aliphatic heterocycles. The van der Waals surface area contributed by atoms with E-state index in [9.17, 15) is 4.79 Å². The van der Waals surface area contributed by atoms with Crippen LogP contribution in [0.15, 0.2) is 36.4 Å². The molecule has 2 aromatic heterocycles. The van der Waals surface area contributed by atoms with Gasteiger partial charge in [0.1, 0.15) is 0 Å². The molecule has 0 fully saturated rings. The number of aliphatic hydroxyl groups excluding tert-OH is 1. The minimum Gasteiger partial charge on any atom is -0.396 e. The summed E-state index contributed by atoms with van der Waals surface area (Å²) in [7, 11) is 1.94. The lowest BCUT2D eigenvalue weighted by Gasteiger charge is -2.03. The zero-order valence-electron chi connectivity index (χ0n) is 16.7. The van der Waals surface area contributed by atoms with Gasteiger partial charge in [0, 0.05) is 30.7 Å². The molecule has 156 valence electrons. The number of halogens is 1. The van der Waals surface area contributed by atoms with Gasteiger partial charge in [0.05, 0.1) is 21.3 Å². The Balaban J connectivity index is 1.50. The third kappa shape index (κ3) is 4.48. The van der Waals surface area contributed by atoms with Gasteiger partial charge in [0.2, 0.25) is 5.95 Å². The Hall–Kier alpha value is -2.48. The highest BCUT2D eigenvalue weighted by Crippen LogP contribution is 2.31. The first-order valence-corrected chi connectivity index (χ1v) is 11.2. The highest BCUT2D eigenvalue weighted by atomic mass is 35.5. The van der Waals surface area contributed by atoms with Crippen LogP contribution in [0.5, 0.6) is 0 Å². The van der Waals surface area contributed by atoms with Crippen LogP contribution in [0.4, 0.5) is 11.1 Å². The number of rotatable bonds is 9. The Morgan fingerprint density at radius 2 is 1.93 bits per heavy atom. The first-order valence-electron chi connectivity index (χ1n) is 9.99. The van der Waals surface area contributed by atoms with Crippen LogP contribution in [0.25, 0.3) is 21.3 Å². The van der Waals surface area contributed by atoms with Gasteiger partial charge in [0.25, 0.3) is 0 Å². The van der Waals surface area contributed by atoms with E-state index in [2.05, 4.69) is 15.3 Å². The van der Waals surface area contributed by atoms with Crippen LogP contribution >= 0.6 is 22.9 Å². The van der Waals surface area contributed by atoms with E-state index in [1.807, 2.05) is 48.0 Å². The number of Topliss-reactive ketones (excluding diaryl/α,β-unsaturated/α-hetero) is 1. The van der Waals surface area contributed by atoms with Crippen LogP contribution < -0.4 is 5.32 Å². The van der Waals surface area contributed by atoms with Crippen LogP contribution in [-0.4, -0.2) is 32.0 Å². The summed E-state index contributed by atoms with van der Waals surface area (Å²) in [6, 6.07) is 11.3. The van der Waals surface area contributed by atoms with Crippen molar-refractivity contribution in [2.45, 2.75) is 32.1 Å². The highest BCUT2D eigenvalue weighted by molar-refractivity contribution is 7.22. The van der Waals surface area contributed by atoms with E-state index >= 15 is 0 Å². The van der Waals surface area contributed by atoms with Crippen LogP contribution in [-0.2, 0) is 7.05 Å². The molecule has 0 unspecified atom stereocenters. The summed E-state index contributed by atoms with van der Waals surface area (Å²) in [6.45, 7) is 0.214. The van der Waals surface area contributed by atoms with Crippen molar-refractivity contribution in [3.63, 3.8) is 0 Å². The molecular weight excluding hydrogens is 420 g/mol. The molecule has 0 aliphatic rings. The molecule has 8 heteroatoms. The monoisotopic (exact) mass is 442 g/mol. The zero-order valence-corrected chi connectivity index (χ0v) is 18.3. The topological polar surface area (TPSA) is 80.0 Å². The fourth-order valence-corrected chi connectivity index (χ4v) is 4.56. The van der Waals surface area contributed by atoms with Crippen LogP contribution in [0.3, 0.4) is 0 Å². The molecule has 0 spiro atoms. The number of thiazole rings is 1. The van der Waals surface area contributed by atoms with Gasteiger partial charge in [-0.1, -0.05) is 35.8 Å². The zero-order chi connectivity index (χ0) is 21.1. The number of aliphatic hydroxyl groups is 1. The van der Waals surface area contributed by atoms with Gasteiger partial charge in [-0.3, -0.25) is 4.79 Å². The predicted molar refractivity (Wildman–Crippen MR) is 123 cm³/mol. The maximum absolute atomic E-state index is 12.5. The van der Waals surface area contributed by atoms with Gasteiger partial charge in [0.15, 0.2) is 10.9 Å². The van der Waals surface area contributed by atoms with E-state index in [1.54, 1.807) is 0 Å². The molecule has 0 aliphatic carbocycles. The van der Waals surface area contributed by atoms with Crippen molar-refractivity contribution in [2.75, 3.05) is 11.9 Å².